The molecule has 1 aliphatic heterocycles. The van der Waals surface area contributed by atoms with Crippen LogP contribution in [0.4, 0.5) is 5.13 Å². The molecule has 1 N–H and O–H groups in total. The second-order valence-corrected chi connectivity index (χ2v) is 7.59. The molecule has 0 fully saturated rings. The number of aryl methyl sites for hydroxylation is 1. The lowest BCUT2D eigenvalue weighted by Crippen LogP contribution is -2.16. The van der Waals surface area contributed by atoms with Gasteiger partial charge in [0.1, 0.15) is 13.2 Å². The smallest absolute Gasteiger partial charge is 0.226 e. The number of benzene rings is 2. The van der Waals surface area contributed by atoms with E-state index in [-0.39, 0.29) is 24.5 Å². The minimum absolute atomic E-state index is 0.0900. The van der Waals surface area contributed by atoms with Crippen LogP contribution in [0.1, 0.15) is 28.8 Å². The third-order valence-corrected chi connectivity index (χ3v) is 5.30. The van der Waals surface area contributed by atoms with Crippen LogP contribution in [-0.2, 0) is 4.79 Å². The molecule has 4 rings (SSSR count). The molecule has 3 aromatic rings. The van der Waals surface area contributed by atoms with Crippen molar-refractivity contribution in [2.45, 2.75) is 19.8 Å². The van der Waals surface area contributed by atoms with Gasteiger partial charge in [0.25, 0.3) is 0 Å². The number of carbonyl (C=O) groups excluding carboxylic acids is 2. The first-order chi connectivity index (χ1) is 14.1. The van der Waals surface area contributed by atoms with Crippen molar-refractivity contribution >= 4 is 28.2 Å². The Morgan fingerprint density at radius 1 is 1.03 bits per heavy atom. The summed E-state index contributed by atoms with van der Waals surface area (Å²) in [5.74, 6) is 0.856. The maximum Gasteiger partial charge on any atom is 0.226 e. The van der Waals surface area contributed by atoms with Crippen LogP contribution < -0.4 is 14.8 Å². The van der Waals surface area contributed by atoms with Gasteiger partial charge in [-0.3, -0.25) is 9.59 Å². The number of amides is 1. The van der Waals surface area contributed by atoms with E-state index in [2.05, 4.69) is 10.3 Å². The van der Waals surface area contributed by atoms with E-state index in [4.69, 9.17) is 9.47 Å². The summed E-state index contributed by atoms with van der Waals surface area (Å²) in [4.78, 5) is 29.1. The lowest BCUT2D eigenvalue weighted by Gasteiger charge is -2.18. The summed E-state index contributed by atoms with van der Waals surface area (Å²) in [5, 5.41) is 5.20. The Labute approximate surface area is 172 Å². The third-order valence-electron chi connectivity index (χ3n) is 4.54. The number of fused-ring (bicyclic) bond motifs is 1. The molecule has 0 saturated heterocycles. The van der Waals surface area contributed by atoms with Gasteiger partial charge >= 0.3 is 0 Å². The second kappa shape index (κ2) is 8.45. The molecule has 0 radical (unpaired) electrons. The van der Waals surface area contributed by atoms with Gasteiger partial charge in [0.05, 0.1) is 5.69 Å². The van der Waals surface area contributed by atoms with Gasteiger partial charge in [-0.2, -0.15) is 0 Å². The highest BCUT2D eigenvalue weighted by molar-refractivity contribution is 7.14. The Kier molecular flexibility index (Phi) is 5.57. The lowest BCUT2D eigenvalue weighted by atomic mass is 10.1. The lowest BCUT2D eigenvalue weighted by molar-refractivity contribution is -0.116. The quantitative estimate of drug-likeness (QED) is 0.608. The third kappa shape index (κ3) is 4.63. The minimum atomic E-state index is -0.235. The summed E-state index contributed by atoms with van der Waals surface area (Å²) in [6, 6.07) is 13.1. The Morgan fingerprint density at radius 3 is 2.59 bits per heavy atom. The number of rotatable bonds is 6. The first kappa shape index (κ1) is 19.1. The van der Waals surface area contributed by atoms with Crippen molar-refractivity contribution < 1.29 is 19.1 Å². The normalized spacial score (nSPS) is 12.4. The molecule has 6 nitrogen and oxygen atoms in total. The van der Waals surface area contributed by atoms with E-state index in [1.165, 1.54) is 16.9 Å². The van der Waals surface area contributed by atoms with Crippen molar-refractivity contribution in [2.75, 3.05) is 18.5 Å². The number of hydrogen-bond donors (Lipinski definition) is 1. The number of nitrogens with zero attached hydrogens (tertiary/aromatic N) is 1. The standard InChI is InChI=1S/C22H20N2O4S/c1-14-2-4-15(5-3-14)17-13-29-22(23-17)24-21(26)9-7-18(25)16-6-8-19-20(12-16)28-11-10-27-19/h2-6,8,12-13H,7,9-11H2,1H3,(H,23,24,26). The number of ether oxygens (including phenoxy) is 2. The highest BCUT2D eigenvalue weighted by atomic mass is 32.1. The fraction of sp³-hybridized carbons (Fsp3) is 0.227. The van der Waals surface area contributed by atoms with Gasteiger partial charge in [-0.15, -0.1) is 11.3 Å². The number of nitrogens with one attached hydrogen (secondary N) is 1. The van der Waals surface area contributed by atoms with Crippen LogP contribution in [0.25, 0.3) is 11.3 Å². The van der Waals surface area contributed by atoms with E-state index in [0.29, 0.717) is 35.4 Å². The van der Waals surface area contributed by atoms with E-state index in [9.17, 15) is 9.59 Å². The van der Waals surface area contributed by atoms with E-state index >= 15 is 0 Å². The van der Waals surface area contributed by atoms with Gasteiger partial charge in [0, 0.05) is 29.3 Å². The predicted molar refractivity (Wildman–Crippen MR) is 112 cm³/mol. The van der Waals surface area contributed by atoms with Crippen LogP contribution in [0, 0.1) is 6.92 Å². The molecule has 0 spiro atoms. The summed E-state index contributed by atoms with van der Waals surface area (Å²) in [6.07, 6.45) is 0.203. The molecule has 0 saturated carbocycles. The molecular weight excluding hydrogens is 388 g/mol. The van der Waals surface area contributed by atoms with Gasteiger partial charge in [0.15, 0.2) is 22.4 Å². The monoisotopic (exact) mass is 408 g/mol. The molecule has 0 bridgehead atoms. The Bertz CT molecular complexity index is 1040. The van der Waals surface area contributed by atoms with E-state index in [1.807, 2.05) is 36.6 Å². The maximum atomic E-state index is 12.4. The summed E-state index contributed by atoms with van der Waals surface area (Å²) in [5.41, 5.74) is 3.51. The van der Waals surface area contributed by atoms with Crippen LogP contribution in [0.2, 0.25) is 0 Å². The molecule has 0 aliphatic carbocycles. The molecular formula is C22H20N2O4S. The number of thiazole rings is 1. The summed E-state index contributed by atoms with van der Waals surface area (Å²) in [6.45, 7) is 3.00. The molecule has 148 valence electrons. The zero-order valence-corrected chi connectivity index (χ0v) is 16.8. The molecule has 0 unspecified atom stereocenters. The second-order valence-electron chi connectivity index (χ2n) is 6.73. The number of carbonyl (C=O) groups is 2. The van der Waals surface area contributed by atoms with Crippen molar-refractivity contribution in [3.05, 3.63) is 59.0 Å². The Balaban J connectivity index is 1.32. The highest BCUT2D eigenvalue weighted by Gasteiger charge is 2.16. The van der Waals surface area contributed by atoms with E-state index < -0.39 is 0 Å². The van der Waals surface area contributed by atoms with Crippen molar-refractivity contribution in [1.29, 1.82) is 0 Å². The highest BCUT2D eigenvalue weighted by Crippen LogP contribution is 2.31. The van der Waals surface area contributed by atoms with Crippen LogP contribution in [0.15, 0.2) is 47.8 Å². The first-order valence-corrected chi connectivity index (χ1v) is 10.2. The largest absolute Gasteiger partial charge is 0.486 e. The molecule has 7 heteroatoms. The average Bonchev–Trinajstić information content (AvgIpc) is 3.20. The molecule has 1 aliphatic rings. The Morgan fingerprint density at radius 2 is 1.79 bits per heavy atom. The van der Waals surface area contributed by atoms with Gasteiger partial charge in [-0.1, -0.05) is 29.8 Å². The van der Waals surface area contributed by atoms with Gasteiger partial charge in [-0.05, 0) is 25.1 Å². The average molecular weight is 408 g/mol. The summed E-state index contributed by atoms with van der Waals surface area (Å²) in [7, 11) is 0. The van der Waals surface area contributed by atoms with Crippen molar-refractivity contribution in [1.82, 2.24) is 4.98 Å². The van der Waals surface area contributed by atoms with Crippen molar-refractivity contribution in [3.8, 4) is 22.8 Å². The molecule has 2 heterocycles. The number of anilines is 1. The summed E-state index contributed by atoms with van der Waals surface area (Å²) < 4.78 is 11.0. The number of hydrogen-bond acceptors (Lipinski definition) is 6. The van der Waals surface area contributed by atoms with Gasteiger partial charge in [-0.25, -0.2) is 4.98 Å². The fourth-order valence-electron chi connectivity index (χ4n) is 2.96. The molecule has 29 heavy (non-hydrogen) atoms. The van der Waals surface area contributed by atoms with Crippen molar-refractivity contribution in [2.24, 2.45) is 0 Å². The first-order valence-electron chi connectivity index (χ1n) is 9.34. The maximum absolute atomic E-state index is 12.4. The molecule has 1 aromatic heterocycles. The topological polar surface area (TPSA) is 77.5 Å². The predicted octanol–water partition coefficient (Wildman–Crippen LogP) is 4.49. The van der Waals surface area contributed by atoms with E-state index in [0.717, 1.165) is 11.3 Å². The number of aromatic nitrogens is 1. The van der Waals surface area contributed by atoms with Crippen LogP contribution >= 0.6 is 11.3 Å². The van der Waals surface area contributed by atoms with Crippen LogP contribution in [0.3, 0.4) is 0 Å². The van der Waals surface area contributed by atoms with Gasteiger partial charge < -0.3 is 14.8 Å². The van der Waals surface area contributed by atoms with Crippen molar-refractivity contribution in [3.63, 3.8) is 0 Å². The van der Waals surface area contributed by atoms with E-state index in [1.54, 1.807) is 18.2 Å². The van der Waals surface area contributed by atoms with Crippen LogP contribution in [-0.4, -0.2) is 29.9 Å². The fourth-order valence-corrected chi connectivity index (χ4v) is 3.69. The zero-order chi connectivity index (χ0) is 20.2. The van der Waals surface area contributed by atoms with Crippen LogP contribution in [0.5, 0.6) is 11.5 Å². The SMILES string of the molecule is Cc1ccc(-c2csc(NC(=O)CCC(=O)c3ccc4c(c3)OCCO4)n2)cc1. The number of ketones is 1. The molecule has 1 amide bonds. The zero-order valence-electron chi connectivity index (χ0n) is 15.9. The minimum Gasteiger partial charge on any atom is -0.486 e. The summed E-state index contributed by atoms with van der Waals surface area (Å²) >= 11 is 1.36. The molecule has 0 atom stereocenters. The van der Waals surface area contributed by atoms with Gasteiger partial charge in [0.2, 0.25) is 5.91 Å². The Hall–Kier alpha value is -3.19. The molecule has 2 aromatic carbocycles. The number of Topliss-reactive ketones (excluding diaryl/α,β-unsaturated/α-hetero) is 1.